The summed E-state index contributed by atoms with van der Waals surface area (Å²) in [5.74, 6) is 1.98. The van der Waals surface area contributed by atoms with Gasteiger partial charge in [-0.2, -0.15) is 0 Å². The number of rotatable bonds is 8. The minimum atomic E-state index is -0.445. The Hall–Kier alpha value is -3.82. The summed E-state index contributed by atoms with van der Waals surface area (Å²) in [5.41, 5.74) is 3.27. The topological polar surface area (TPSA) is 89.5 Å². The zero-order chi connectivity index (χ0) is 31.8. The number of carbonyl (C=O) groups excluding carboxylic acids is 2. The fourth-order valence-electron chi connectivity index (χ4n) is 7.04. The number of phenolic OH excluding ortho intramolecular Hbond substituents is 1. The van der Waals surface area contributed by atoms with Gasteiger partial charge in [0.05, 0.1) is 43.7 Å². The molecule has 1 atom stereocenters. The van der Waals surface area contributed by atoms with E-state index in [2.05, 4.69) is 16.8 Å². The standard InChI is InChI=1S/C35H42ClN5O4/c1-22(2)45-31-17-29-25(15-30(31)42)16-33(43)41(35(29)24-7-9-26(36)10-8-24)28-13-14-32(37-18-28)38(3)19-23-5-11-27(12-6-23)40-20-34(44)39(4)21-40/h7-10,13-15,17-18,22-23,27,35,42H,5-6,11-12,16,19-21H2,1-4H3/t23?,27?,35-/m0/s1. The Morgan fingerprint density at radius 1 is 1.04 bits per heavy atom. The predicted molar refractivity (Wildman–Crippen MR) is 176 cm³/mol. The zero-order valence-corrected chi connectivity index (χ0v) is 27.2. The average Bonchev–Trinajstić information content (AvgIpc) is 3.35. The summed E-state index contributed by atoms with van der Waals surface area (Å²) in [5, 5.41) is 11.3. The van der Waals surface area contributed by atoms with E-state index in [1.807, 2.05) is 68.3 Å². The summed E-state index contributed by atoms with van der Waals surface area (Å²) in [4.78, 5) is 38.7. The number of pyridine rings is 1. The maximum Gasteiger partial charge on any atom is 0.237 e. The van der Waals surface area contributed by atoms with Crippen molar-refractivity contribution in [2.24, 2.45) is 5.92 Å². The third kappa shape index (κ3) is 6.60. The van der Waals surface area contributed by atoms with Crippen LogP contribution in [0.1, 0.15) is 62.3 Å². The first-order valence-corrected chi connectivity index (χ1v) is 16.2. The van der Waals surface area contributed by atoms with Gasteiger partial charge in [0.15, 0.2) is 11.5 Å². The minimum absolute atomic E-state index is 0.0276. The molecule has 3 aliphatic rings. The number of hydrogen-bond acceptors (Lipinski definition) is 7. The monoisotopic (exact) mass is 631 g/mol. The summed E-state index contributed by atoms with van der Waals surface area (Å²) < 4.78 is 5.92. The number of halogens is 1. The smallest absolute Gasteiger partial charge is 0.237 e. The fraction of sp³-hybridized carbons (Fsp3) is 0.457. The van der Waals surface area contributed by atoms with Gasteiger partial charge in [-0.05, 0) is 98.5 Å². The van der Waals surface area contributed by atoms with Crippen LogP contribution in [0.5, 0.6) is 11.5 Å². The lowest BCUT2D eigenvalue weighted by Crippen LogP contribution is -2.41. The molecule has 238 valence electrons. The van der Waals surface area contributed by atoms with E-state index >= 15 is 0 Å². The summed E-state index contributed by atoms with van der Waals surface area (Å²) >= 11 is 6.24. The van der Waals surface area contributed by atoms with Crippen molar-refractivity contribution in [3.05, 3.63) is 76.4 Å². The van der Waals surface area contributed by atoms with Crippen LogP contribution in [0.3, 0.4) is 0 Å². The molecule has 1 N–H and O–H groups in total. The molecule has 2 aliphatic heterocycles. The number of anilines is 2. The van der Waals surface area contributed by atoms with Gasteiger partial charge >= 0.3 is 0 Å². The van der Waals surface area contributed by atoms with Crippen LogP contribution in [-0.4, -0.2) is 77.7 Å². The lowest BCUT2D eigenvalue weighted by atomic mass is 9.85. The third-order valence-electron chi connectivity index (χ3n) is 9.36. The molecule has 0 radical (unpaired) electrons. The van der Waals surface area contributed by atoms with Crippen LogP contribution in [-0.2, 0) is 16.0 Å². The molecule has 2 fully saturated rings. The van der Waals surface area contributed by atoms with Crippen LogP contribution >= 0.6 is 11.6 Å². The van der Waals surface area contributed by atoms with Gasteiger partial charge < -0.3 is 19.6 Å². The van der Waals surface area contributed by atoms with Crippen LogP contribution in [0.25, 0.3) is 0 Å². The van der Waals surface area contributed by atoms with Gasteiger partial charge in [0.25, 0.3) is 0 Å². The number of hydrogen-bond donors (Lipinski definition) is 1. The van der Waals surface area contributed by atoms with E-state index in [-0.39, 0.29) is 30.1 Å². The van der Waals surface area contributed by atoms with Crippen molar-refractivity contribution in [1.82, 2.24) is 14.8 Å². The molecule has 0 spiro atoms. The highest BCUT2D eigenvalue weighted by Gasteiger charge is 2.37. The normalized spacial score (nSPS) is 22.2. The number of nitrogens with zero attached hydrogens (tertiary/aromatic N) is 5. The number of aromatic nitrogens is 1. The minimum Gasteiger partial charge on any atom is -0.504 e. The molecule has 2 aromatic carbocycles. The van der Waals surface area contributed by atoms with Gasteiger partial charge in [-0.25, -0.2) is 4.98 Å². The molecule has 10 heteroatoms. The third-order valence-corrected chi connectivity index (χ3v) is 9.61. The van der Waals surface area contributed by atoms with Crippen LogP contribution in [0.15, 0.2) is 54.7 Å². The second-order valence-corrected chi connectivity index (χ2v) is 13.4. The Balaban J connectivity index is 1.20. The largest absolute Gasteiger partial charge is 0.504 e. The van der Waals surface area contributed by atoms with E-state index in [1.165, 1.54) is 0 Å². The molecule has 0 unspecified atom stereocenters. The Morgan fingerprint density at radius 3 is 2.40 bits per heavy atom. The second-order valence-electron chi connectivity index (χ2n) is 13.0. The van der Waals surface area contributed by atoms with E-state index in [0.29, 0.717) is 35.0 Å². The van der Waals surface area contributed by atoms with Gasteiger partial charge in [0.1, 0.15) is 5.82 Å². The van der Waals surface area contributed by atoms with Gasteiger partial charge in [-0.1, -0.05) is 23.7 Å². The first-order valence-electron chi connectivity index (χ1n) is 15.8. The maximum absolute atomic E-state index is 13.7. The Morgan fingerprint density at radius 2 is 1.78 bits per heavy atom. The van der Waals surface area contributed by atoms with Crippen molar-refractivity contribution in [1.29, 1.82) is 0 Å². The molecule has 9 nitrogen and oxygen atoms in total. The van der Waals surface area contributed by atoms with Crippen molar-refractivity contribution in [2.75, 3.05) is 43.7 Å². The molecule has 1 saturated carbocycles. The van der Waals surface area contributed by atoms with Crippen molar-refractivity contribution < 1.29 is 19.4 Å². The Labute approximate surface area is 270 Å². The number of aromatic hydroxyl groups is 1. The number of carbonyl (C=O) groups is 2. The second kappa shape index (κ2) is 12.9. The Bertz CT molecular complexity index is 1540. The quantitative estimate of drug-likeness (QED) is 0.345. The van der Waals surface area contributed by atoms with Crippen LogP contribution in [0.2, 0.25) is 5.02 Å². The highest BCUT2D eigenvalue weighted by molar-refractivity contribution is 6.30. The number of likely N-dealkylation sites (N-methyl/N-ethyl adjacent to an activating group) is 1. The molecule has 0 bridgehead atoms. The molecular formula is C35H42ClN5O4. The number of ether oxygens (including phenoxy) is 1. The molecule has 6 rings (SSSR count). The van der Waals surface area contributed by atoms with E-state index < -0.39 is 6.04 Å². The first-order chi connectivity index (χ1) is 21.6. The highest BCUT2D eigenvalue weighted by Crippen LogP contribution is 2.43. The number of phenols is 1. The molecule has 45 heavy (non-hydrogen) atoms. The maximum atomic E-state index is 13.7. The van der Waals surface area contributed by atoms with Crippen molar-refractivity contribution in [3.63, 3.8) is 0 Å². The van der Waals surface area contributed by atoms with E-state index in [9.17, 15) is 14.7 Å². The van der Waals surface area contributed by atoms with Gasteiger partial charge in [-0.3, -0.25) is 19.4 Å². The number of fused-ring (bicyclic) bond motifs is 1. The number of benzene rings is 2. The lowest BCUT2D eigenvalue weighted by Gasteiger charge is -2.38. The van der Waals surface area contributed by atoms with E-state index in [1.54, 1.807) is 17.2 Å². The van der Waals surface area contributed by atoms with Gasteiger partial charge in [0.2, 0.25) is 11.8 Å². The summed E-state index contributed by atoms with van der Waals surface area (Å²) in [6.07, 6.45) is 6.29. The van der Waals surface area contributed by atoms with Gasteiger partial charge in [-0.15, -0.1) is 0 Å². The molecule has 3 heterocycles. The van der Waals surface area contributed by atoms with Crippen LogP contribution < -0.4 is 14.5 Å². The van der Waals surface area contributed by atoms with E-state index in [0.717, 1.165) is 61.4 Å². The summed E-state index contributed by atoms with van der Waals surface area (Å²) in [6, 6.07) is 15.0. The van der Waals surface area contributed by atoms with Crippen molar-refractivity contribution >= 4 is 34.9 Å². The first kappa shape index (κ1) is 31.2. The SMILES string of the molecule is CC(C)Oc1cc2c(cc1O)CC(=O)N(c1ccc(N(C)CC3CCC(N4CC(=O)N(C)C4)CC3)nc1)[C@H]2c1ccc(Cl)cc1. The molecule has 1 aromatic heterocycles. The Kier molecular flexibility index (Phi) is 8.93. The lowest BCUT2D eigenvalue weighted by molar-refractivity contribution is -0.125. The predicted octanol–water partition coefficient (Wildman–Crippen LogP) is 5.63. The van der Waals surface area contributed by atoms with Crippen molar-refractivity contribution in [2.45, 2.75) is 64.1 Å². The molecule has 1 aliphatic carbocycles. The molecule has 3 aromatic rings. The highest BCUT2D eigenvalue weighted by atomic mass is 35.5. The number of amides is 2. The molecule has 2 amide bonds. The molecule has 1 saturated heterocycles. The zero-order valence-electron chi connectivity index (χ0n) is 26.4. The fourth-order valence-corrected chi connectivity index (χ4v) is 7.17. The van der Waals surface area contributed by atoms with Crippen LogP contribution in [0.4, 0.5) is 11.5 Å². The van der Waals surface area contributed by atoms with E-state index in [4.69, 9.17) is 21.3 Å². The van der Waals surface area contributed by atoms with Crippen molar-refractivity contribution in [3.8, 4) is 11.5 Å². The summed E-state index contributed by atoms with van der Waals surface area (Å²) in [7, 11) is 3.95. The summed E-state index contributed by atoms with van der Waals surface area (Å²) in [6.45, 7) is 6.02. The van der Waals surface area contributed by atoms with Crippen LogP contribution in [0, 0.1) is 5.92 Å². The van der Waals surface area contributed by atoms with Gasteiger partial charge in [0, 0.05) is 31.7 Å². The average molecular weight is 632 g/mol. The molecular weight excluding hydrogens is 590 g/mol.